The van der Waals surface area contributed by atoms with Crippen LogP contribution in [0.2, 0.25) is 5.02 Å². The Kier molecular flexibility index (Phi) is 9.32. The third kappa shape index (κ3) is 7.05. The second-order valence-electron chi connectivity index (χ2n) is 4.17. The van der Waals surface area contributed by atoms with Gasteiger partial charge in [-0.2, -0.15) is 0 Å². The number of halogens is 1. The molecule has 20 heavy (non-hydrogen) atoms. The summed E-state index contributed by atoms with van der Waals surface area (Å²) in [5.74, 6) is 0.811. The van der Waals surface area contributed by atoms with Gasteiger partial charge in [0.05, 0.1) is 30.5 Å². The van der Waals surface area contributed by atoms with Gasteiger partial charge in [-0.25, -0.2) is 4.98 Å². The van der Waals surface area contributed by atoms with Crippen molar-refractivity contribution >= 4 is 17.4 Å². The number of anilines is 1. The van der Waals surface area contributed by atoms with Gasteiger partial charge in [-0.15, -0.1) is 0 Å². The minimum atomic E-state index is 0.388. The third-order valence-electron chi connectivity index (χ3n) is 2.52. The smallest absolute Gasteiger partial charge is 0.126 e. The molecule has 5 nitrogen and oxygen atoms in total. The molecule has 0 saturated carbocycles. The molecule has 6 heteroatoms. The van der Waals surface area contributed by atoms with E-state index in [1.807, 2.05) is 19.1 Å². The lowest BCUT2D eigenvalue weighted by atomic mass is 10.3. The van der Waals surface area contributed by atoms with E-state index in [2.05, 4.69) is 10.3 Å². The van der Waals surface area contributed by atoms with Gasteiger partial charge >= 0.3 is 0 Å². The molecule has 0 aromatic carbocycles. The Morgan fingerprint density at radius 2 is 1.95 bits per heavy atom. The summed E-state index contributed by atoms with van der Waals surface area (Å²) >= 11 is 6.08. The molecule has 0 amide bonds. The molecule has 0 radical (unpaired) electrons. The van der Waals surface area contributed by atoms with E-state index in [4.69, 9.17) is 25.8 Å². The van der Waals surface area contributed by atoms with E-state index in [1.54, 1.807) is 7.11 Å². The first-order valence-electron chi connectivity index (χ1n) is 6.81. The fourth-order valence-corrected chi connectivity index (χ4v) is 1.72. The maximum absolute atomic E-state index is 6.08. The molecule has 114 valence electrons. The van der Waals surface area contributed by atoms with Crippen LogP contribution in [0.5, 0.6) is 0 Å². The number of hydrogen-bond acceptors (Lipinski definition) is 5. The van der Waals surface area contributed by atoms with Gasteiger partial charge in [0.15, 0.2) is 0 Å². The van der Waals surface area contributed by atoms with Crippen molar-refractivity contribution in [2.24, 2.45) is 0 Å². The molecule has 0 aliphatic carbocycles. The van der Waals surface area contributed by atoms with Crippen molar-refractivity contribution in [3.05, 3.63) is 22.8 Å². The monoisotopic (exact) mass is 302 g/mol. The zero-order valence-corrected chi connectivity index (χ0v) is 12.9. The second-order valence-corrected chi connectivity index (χ2v) is 4.57. The van der Waals surface area contributed by atoms with Crippen LogP contribution in [0.25, 0.3) is 0 Å². The highest BCUT2D eigenvalue weighted by molar-refractivity contribution is 6.31. The summed E-state index contributed by atoms with van der Waals surface area (Å²) in [7, 11) is 1.68. The number of pyridine rings is 1. The average Bonchev–Trinajstić information content (AvgIpc) is 2.45. The Bertz CT molecular complexity index is 377. The van der Waals surface area contributed by atoms with Crippen LogP contribution in [0, 0.1) is 0 Å². The molecule has 0 unspecified atom stereocenters. The maximum Gasteiger partial charge on any atom is 0.126 e. The summed E-state index contributed by atoms with van der Waals surface area (Å²) in [5, 5.41) is 3.76. The number of rotatable bonds is 11. The summed E-state index contributed by atoms with van der Waals surface area (Å²) in [6, 6.07) is 3.68. The van der Waals surface area contributed by atoms with E-state index in [1.165, 1.54) is 0 Å². The molecule has 0 fully saturated rings. The van der Waals surface area contributed by atoms with Crippen LogP contribution in [0.3, 0.4) is 0 Å². The standard InChI is InChI=1S/C14H23ClN2O3/c1-3-16-14-6-5-12(15)13(17-14)11-20-10-9-19-8-4-7-18-2/h5-6H,3-4,7-11H2,1-2H3,(H,16,17). The number of aromatic nitrogens is 1. The van der Waals surface area contributed by atoms with Crippen LogP contribution in [-0.2, 0) is 20.8 Å². The van der Waals surface area contributed by atoms with Crippen molar-refractivity contribution in [3.63, 3.8) is 0 Å². The summed E-state index contributed by atoms with van der Waals surface area (Å²) in [5.41, 5.74) is 0.740. The van der Waals surface area contributed by atoms with Gasteiger partial charge in [0.25, 0.3) is 0 Å². The molecule has 0 saturated heterocycles. The first kappa shape index (κ1) is 17.2. The lowest BCUT2D eigenvalue weighted by Gasteiger charge is -2.09. The second kappa shape index (κ2) is 10.9. The summed E-state index contributed by atoms with van der Waals surface area (Å²) < 4.78 is 15.8. The van der Waals surface area contributed by atoms with Crippen LogP contribution >= 0.6 is 11.6 Å². The predicted octanol–water partition coefficient (Wildman–Crippen LogP) is 2.74. The molecule has 1 aromatic heterocycles. The minimum Gasteiger partial charge on any atom is -0.385 e. The van der Waals surface area contributed by atoms with E-state index in [-0.39, 0.29) is 0 Å². The first-order valence-corrected chi connectivity index (χ1v) is 7.19. The molecule has 0 aliphatic rings. The molecule has 0 spiro atoms. The van der Waals surface area contributed by atoms with Gasteiger partial charge in [0, 0.05) is 26.9 Å². The van der Waals surface area contributed by atoms with Crippen LogP contribution in [0.4, 0.5) is 5.82 Å². The van der Waals surface area contributed by atoms with Gasteiger partial charge < -0.3 is 19.5 Å². The van der Waals surface area contributed by atoms with Gasteiger partial charge in [0.1, 0.15) is 5.82 Å². The van der Waals surface area contributed by atoms with Crippen molar-refractivity contribution in [1.29, 1.82) is 0 Å². The fourth-order valence-electron chi connectivity index (χ4n) is 1.56. The van der Waals surface area contributed by atoms with Gasteiger partial charge in [-0.05, 0) is 25.5 Å². The number of nitrogens with zero attached hydrogens (tertiary/aromatic N) is 1. The zero-order valence-electron chi connectivity index (χ0n) is 12.2. The summed E-state index contributed by atoms with van der Waals surface area (Å²) in [6.07, 6.45) is 0.897. The van der Waals surface area contributed by atoms with Crippen molar-refractivity contribution in [2.45, 2.75) is 20.0 Å². The lowest BCUT2D eigenvalue weighted by Crippen LogP contribution is -2.08. The molecule has 1 heterocycles. The quantitative estimate of drug-likeness (QED) is 0.637. The average molecular weight is 303 g/mol. The van der Waals surface area contributed by atoms with E-state index >= 15 is 0 Å². The highest BCUT2D eigenvalue weighted by Crippen LogP contribution is 2.17. The number of methoxy groups -OCH3 is 1. The predicted molar refractivity (Wildman–Crippen MR) is 80.4 cm³/mol. The fraction of sp³-hybridized carbons (Fsp3) is 0.643. The first-order chi connectivity index (χ1) is 9.77. The highest BCUT2D eigenvalue weighted by Gasteiger charge is 2.04. The summed E-state index contributed by atoms with van der Waals surface area (Å²) in [6.45, 7) is 5.73. The molecule has 1 N–H and O–H groups in total. The Morgan fingerprint density at radius 1 is 1.15 bits per heavy atom. The van der Waals surface area contributed by atoms with Crippen molar-refractivity contribution in [3.8, 4) is 0 Å². The van der Waals surface area contributed by atoms with Crippen LogP contribution in [0.1, 0.15) is 19.0 Å². The molecule has 0 aliphatic heterocycles. The Labute approximate surface area is 125 Å². The van der Waals surface area contributed by atoms with Crippen molar-refractivity contribution in [2.75, 3.05) is 45.4 Å². The van der Waals surface area contributed by atoms with Crippen molar-refractivity contribution in [1.82, 2.24) is 4.98 Å². The van der Waals surface area contributed by atoms with Gasteiger partial charge in [-0.3, -0.25) is 0 Å². The lowest BCUT2D eigenvalue weighted by molar-refractivity contribution is 0.0328. The minimum absolute atomic E-state index is 0.388. The molecule has 1 rings (SSSR count). The Morgan fingerprint density at radius 3 is 2.70 bits per heavy atom. The number of nitrogens with one attached hydrogen (secondary N) is 1. The Balaban J connectivity index is 2.19. The molecule has 0 atom stereocenters. The van der Waals surface area contributed by atoms with Gasteiger partial charge in [0.2, 0.25) is 0 Å². The highest BCUT2D eigenvalue weighted by atomic mass is 35.5. The van der Waals surface area contributed by atoms with E-state index in [0.29, 0.717) is 31.5 Å². The van der Waals surface area contributed by atoms with Crippen LogP contribution in [0.15, 0.2) is 12.1 Å². The molecule has 0 bridgehead atoms. The van der Waals surface area contributed by atoms with Crippen LogP contribution < -0.4 is 5.32 Å². The molecular formula is C14H23ClN2O3. The van der Waals surface area contributed by atoms with Crippen molar-refractivity contribution < 1.29 is 14.2 Å². The number of hydrogen-bond donors (Lipinski definition) is 1. The zero-order chi connectivity index (χ0) is 14.6. The number of ether oxygens (including phenoxy) is 3. The van der Waals surface area contributed by atoms with E-state index < -0.39 is 0 Å². The topological polar surface area (TPSA) is 52.6 Å². The summed E-state index contributed by atoms with van der Waals surface area (Å²) in [4.78, 5) is 4.39. The Hall–Kier alpha value is -0.880. The van der Waals surface area contributed by atoms with E-state index in [0.717, 1.165) is 31.1 Å². The maximum atomic E-state index is 6.08. The van der Waals surface area contributed by atoms with E-state index in [9.17, 15) is 0 Å². The van der Waals surface area contributed by atoms with Gasteiger partial charge in [-0.1, -0.05) is 11.6 Å². The molecule has 1 aromatic rings. The van der Waals surface area contributed by atoms with Crippen LogP contribution in [-0.4, -0.2) is 45.1 Å². The SMILES string of the molecule is CCNc1ccc(Cl)c(COCCOCCCOC)n1. The molecular weight excluding hydrogens is 280 g/mol. The normalized spacial score (nSPS) is 10.8. The third-order valence-corrected chi connectivity index (χ3v) is 2.87. The largest absolute Gasteiger partial charge is 0.385 e.